The van der Waals surface area contributed by atoms with Crippen molar-refractivity contribution in [1.29, 1.82) is 0 Å². The van der Waals surface area contributed by atoms with Crippen molar-refractivity contribution in [2.24, 2.45) is 0 Å². The van der Waals surface area contributed by atoms with Crippen LogP contribution in [-0.4, -0.2) is 41.1 Å². The van der Waals surface area contributed by atoms with Gasteiger partial charge in [0.25, 0.3) is 0 Å². The van der Waals surface area contributed by atoms with E-state index in [4.69, 9.17) is 19.8 Å². The molecule has 1 aliphatic rings. The molecule has 24 heavy (non-hydrogen) atoms. The second kappa shape index (κ2) is 7.99. The molecule has 5 nitrogen and oxygen atoms in total. The number of carboxylic acids is 2. The molecule has 0 bridgehead atoms. The van der Waals surface area contributed by atoms with Gasteiger partial charge in [0.1, 0.15) is 0 Å². The first-order valence-electron chi connectivity index (χ1n) is 7.37. The van der Waals surface area contributed by atoms with E-state index in [2.05, 4.69) is 67.5 Å². The third kappa shape index (κ3) is 4.37. The van der Waals surface area contributed by atoms with E-state index in [9.17, 15) is 0 Å². The third-order valence-corrected chi connectivity index (χ3v) is 4.90. The van der Waals surface area contributed by atoms with Gasteiger partial charge in [-0.3, -0.25) is 0 Å². The average molecular weight is 345 g/mol. The first-order valence-corrected chi connectivity index (χ1v) is 8.19. The lowest BCUT2D eigenvalue weighted by Crippen LogP contribution is -2.22. The highest BCUT2D eigenvalue weighted by Gasteiger charge is 2.23. The highest BCUT2D eigenvalue weighted by Crippen LogP contribution is 2.41. The Labute approximate surface area is 144 Å². The second-order valence-electron chi connectivity index (χ2n) is 5.54. The summed E-state index contributed by atoms with van der Waals surface area (Å²) in [6.07, 6.45) is 1.09. The molecule has 3 rings (SSSR count). The lowest BCUT2D eigenvalue weighted by atomic mass is 9.98. The summed E-state index contributed by atoms with van der Waals surface area (Å²) in [5.41, 5.74) is 2.90. The van der Waals surface area contributed by atoms with Crippen molar-refractivity contribution < 1.29 is 19.8 Å². The largest absolute Gasteiger partial charge is 0.473 e. The number of hydrogen-bond acceptors (Lipinski definition) is 4. The molecule has 2 aromatic rings. The number of fused-ring (bicyclic) bond motifs is 2. The molecule has 1 atom stereocenters. The highest BCUT2D eigenvalue weighted by atomic mass is 32.2. The van der Waals surface area contributed by atoms with Crippen molar-refractivity contribution in [2.45, 2.75) is 22.3 Å². The Morgan fingerprint density at radius 1 is 0.958 bits per heavy atom. The molecular weight excluding hydrogens is 326 g/mol. The lowest BCUT2D eigenvalue weighted by molar-refractivity contribution is -0.159. The van der Waals surface area contributed by atoms with Crippen molar-refractivity contribution in [3.05, 3.63) is 59.7 Å². The number of hydrogen-bond donors (Lipinski definition) is 2. The van der Waals surface area contributed by atoms with Crippen molar-refractivity contribution >= 4 is 23.7 Å². The topological polar surface area (TPSA) is 77.8 Å². The molecule has 1 heterocycles. The molecule has 0 aliphatic carbocycles. The third-order valence-electron chi connectivity index (χ3n) is 3.69. The van der Waals surface area contributed by atoms with Crippen LogP contribution in [0.5, 0.6) is 0 Å². The van der Waals surface area contributed by atoms with Crippen LogP contribution in [0.1, 0.15) is 17.2 Å². The first-order chi connectivity index (χ1) is 11.4. The first kappa shape index (κ1) is 18.0. The molecule has 2 aromatic carbocycles. The molecule has 1 unspecified atom stereocenters. The van der Waals surface area contributed by atoms with Crippen molar-refractivity contribution in [3.63, 3.8) is 0 Å². The van der Waals surface area contributed by atoms with E-state index in [0.29, 0.717) is 6.04 Å². The van der Waals surface area contributed by atoms with Crippen molar-refractivity contribution in [1.82, 2.24) is 4.90 Å². The van der Waals surface area contributed by atoms with Gasteiger partial charge in [0.2, 0.25) is 0 Å². The summed E-state index contributed by atoms with van der Waals surface area (Å²) in [5, 5.41) is 14.8. The van der Waals surface area contributed by atoms with Gasteiger partial charge in [0, 0.05) is 15.8 Å². The lowest BCUT2D eigenvalue weighted by Gasteiger charge is -2.24. The van der Waals surface area contributed by atoms with Crippen LogP contribution in [0.15, 0.2) is 58.3 Å². The van der Waals surface area contributed by atoms with Gasteiger partial charge < -0.3 is 15.1 Å². The summed E-state index contributed by atoms with van der Waals surface area (Å²) in [6.45, 7) is 0. The number of benzene rings is 2. The van der Waals surface area contributed by atoms with Crippen molar-refractivity contribution in [3.8, 4) is 0 Å². The Morgan fingerprint density at radius 2 is 1.50 bits per heavy atom. The Hall–Kier alpha value is -2.31. The summed E-state index contributed by atoms with van der Waals surface area (Å²) in [5.74, 6) is -3.65. The molecule has 0 aromatic heterocycles. The van der Waals surface area contributed by atoms with E-state index >= 15 is 0 Å². The Kier molecular flexibility index (Phi) is 6.00. The molecule has 0 fully saturated rings. The molecule has 6 heteroatoms. The van der Waals surface area contributed by atoms with E-state index in [1.807, 2.05) is 11.8 Å². The quantitative estimate of drug-likeness (QED) is 0.773. The highest BCUT2D eigenvalue weighted by molar-refractivity contribution is 7.99. The molecule has 0 spiro atoms. The molecule has 2 N–H and O–H groups in total. The van der Waals surface area contributed by atoms with Crippen LogP contribution in [0.4, 0.5) is 0 Å². The number of carbonyl (C=O) groups is 2. The summed E-state index contributed by atoms with van der Waals surface area (Å²) in [6, 6.07) is 18.0. The predicted octanol–water partition coefficient (Wildman–Crippen LogP) is 3.15. The standard InChI is InChI=1S/C16H17NS.C2H2O4/c1-17(2)14-11-12-7-3-5-9-15(12)18-16-10-6-4-8-13(14)16;3-1(4)2(5)6/h3-10,14H,11H2,1-2H3;(H,3,4)(H,5,6). The normalized spacial score (nSPS) is 15.4. The maximum atomic E-state index is 9.10. The van der Waals surface area contributed by atoms with Gasteiger partial charge in [0.15, 0.2) is 0 Å². The molecule has 0 saturated heterocycles. The number of carboxylic acid groups (broad SMARTS) is 2. The smallest absolute Gasteiger partial charge is 0.414 e. The van der Waals surface area contributed by atoms with Crippen molar-refractivity contribution in [2.75, 3.05) is 14.1 Å². The second-order valence-corrected chi connectivity index (χ2v) is 6.63. The SMILES string of the molecule is CN(C)C1Cc2ccccc2Sc2ccccc21.O=C(O)C(=O)O. The minimum absolute atomic E-state index is 0.470. The van der Waals surface area contributed by atoms with Gasteiger partial charge in [-0.1, -0.05) is 48.2 Å². The maximum absolute atomic E-state index is 9.10. The fourth-order valence-corrected chi connectivity index (χ4v) is 3.65. The van der Waals surface area contributed by atoms with E-state index in [0.717, 1.165) is 6.42 Å². The fourth-order valence-electron chi connectivity index (χ4n) is 2.52. The molecule has 1 aliphatic heterocycles. The van der Waals surface area contributed by atoms with Gasteiger partial charge in [-0.2, -0.15) is 0 Å². The van der Waals surface area contributed by atoms with Crippen LogP contribution >= 0.6 is 11.8 Å². The summed E-state index contributed by atoms with van der Waals surface area (Å²) in [4.78, 5) is 23.3. The zero-order valence-electron chi connectivity index (χ0n) is 13.5. The number of nitrogens with zero attached hydrogens (tertiary/aromatic N) is 1. The molecule has 0 amide bonds. The summed E-state index contributed by atoms with van der Waals surface area (Å²) < 4.78 is 0. The summed E-state index contributed by atoms with van der Waals surface area (Å²) >= 11 is 1.90. The molecular formula is C18H19NO4S. The van der Waals surface area contributed by atoms with Gasteiger partial charge in [-0.25, -0.2) is 9.59 Å². The Bertz CT molecular complexity index is 733. The van der Waals surface area contributed by atoms with Crippen LogP contribution < -0.4 is 0 Å². The average Bonchev–Trinajstić information content (AvgIpc) is 2.71. The molecule has 0 saturated carbocycles. The van der Waals surface area contributed by atoms with Crippen LogP contribution in [0.2, 0.25) is 0 Å². The zero-order valence-corrected chi connectivity index (χ0v) is 14.3. The van der Waals surface area contributed by atoms with Gasteiger partial charge in [-0.15, -0.1) is 0 Å². The zero-order chi connectivity index (χ0) is 17.7. The van der Waals surface area contributed by atoms with E-state index in [1.54, 1.807) is 0 Å². The fraction of sp³-hybridized carbons (Fsp3) is 0.222. The summed E-state index contributed by atoms with van der Waals surface area (Å²) in [7, 11) is 4.33. The minimum Gasteiger partial charge on any atom is -0.473 e. The molecule has 0 radical (unpaired) electrons. The van der Waals surface area contributed by atoms with Crippen LogP contribution in [0, 0.1) is 0 Å². The van der Waals surface area contributed by atoms with E-state index < -0.39 is 11.9 Å². The Morgan fingerprint density at radius 3 is 2.08 bits per heavy atom. The van der Waals surface area contributed by atoms with Crippen LogP contribution in [-0.2, 0) is 16.0 Å². The van der Waals surface area contributed by atoms with Crippen LogP contribution in [0.25, 0.3) is 0 Å². The minimum atomic E-state index is -1.82. The van der Waals surface area contributed by atoms with Gasteiger partial charge in [-0.05, 0) is 43.8 Å². The maximum Gasteiger partial charge on any atom is 0.414 e. The van der Waals surface area contributed by atoms with Gasteiger partial charge in [0.05, 0.1) is 0 Å². The molecule has 126 valence electrons. The Balaban J connectivity index is 0.000000301. The van der Waals surface area contributed by atoms with E-state index in [1.165, 1.54) is 20.9 Å². The monoisotopic (exact) mass is 345 g/mol. The number of likely N-dealkylation sites (N-methyl/N-ethyl adjacent to an activating group) is 1. The van der Waals surface area contributed by atoms with Crippen LogP contribution in [0.3, 0.4) is 0 Å². The number of rotatable bonds is 1. The van der Waals surface area contributed by atoms with E-state index in [-0.39, 0.29) is 0 Å². The predicted molar refractivity (Wildman–Crippen MR) is 92.4 cm³/mol. The number of aliphatic carboxylic acids is 2. The van der Waals surface area contributed by atoms with Gasteiger partial charge >= 0.3 is 11.9 Å².